The van der Waals surface area contributed by atoms with Crippen LogP contribution in [-0.4, -0.2) is 56.8 Å². The number of benzene rings is 1. The van der Waals surface area contributed by atoms with Gasteiger partial charge in [-0.3, -0.25) is 9.69 Å². The SMILES string of the molecule is CCC(CC)C(CNC(=O)/C=C/c1ccc(OC)c(F)c1)N1CCOCC1. The van der Waals surface area contributed by atoms with Gasteiger partial charge in [0.25, 0.3) is 0 Å². The standard InChI is InChI=1S/C21H31FN2O3/c1-4-17(5-2)19(24-10-12-27-13-11-24)15-23-21(25)9-7-16-6-8-20(26-3)18(22)14-16/h6-9,14,17,19H,4-5,10-13,15H2,1-3H3,(H,23,25)/b9-7+. The van der Waals surface area contributed by atoms with Crippen LogP contribution in [0.3, 0.4) is 0 Å². The molecular formula is C21H31FN2O3. The van der Waals surface area contributed by atoms with E-state index in [1.807, 2.05) is 0 Å². The summed E-state index contributed by atoms with van der Waals surface area (Å²) in [7, 11) is 1.42. The average Bonchev–Trinajstić information content (AvgIpc) is 2.70. The van der Waals surface area contributed by atoms with Gasteiger partial charge in [-0.2, -0.15) is 0 Å². The number of rotatable bonds is 9. The van der Waals surface area contributed by atoms with Gasteiger partial charge in [0.2, 0.25) is 5.91 Å². The summed E-state index contributed by atoms with van der Waals surface area (Å²) in [6, 6.07) is 4.92. The Hall–Kier alpha value is -1.92. The van der Waals surface area contributed by atoms with Crippen LogP contribution >= 0.6 is 0 Å². The number of ether oxygens (including phenoxy) is 2. The Kier molecular flexibility index (Phi) is 8.75. The van der Waals surface area contributed by atoms with Crippen molar-refractivity contribution in [1.29, 1.82) is 0 Å². The van der Waals surface area contributed by atoms with Gasteiger partial charge in [-0.05, 0) is 29.7 Å². The molecule has 2 rings (SSSR count). The molecule has 1 atom stereocenters. The first-order valence-corrected chi connectivity index (χ1v) is 9.70. The Morgan fingerprint density at radius 1 is 1.33 bits per heavy atom. The van der Waals surface area contributed by atoms with Gasteiger partial charge in [-0.1, -0.05) is 32.8 Å². The maximum atomic E-state index is 13.7. The first-order chi connectivity index (χ1) is 13.1. The minimum Gasteiger partial charge on any atom is -0.494 e. The van der Waals surface area contributed by atoms with E-state index in [0.717, 1.165) is 39.1 Å². The van der Waals surface area contributed by atoms with E-state index < -0.39 is 5.82 Å². The summed E-state index contributed by atoms with van der Waals surface area (Å²) in [5.41, 5.74) is 0.619. The normalized spacial score (nSPS) is 16.6. The van der Waals surface area contributed by atoms with Gasteiger partial charge in [0, 0.05) is 31.8 Å². The molecule has 0 spiro atoms. The number of carbonyl (C=O) groups is 1. The van der Waals surface area contributed by atoms with Crippen molar-refractivity contribution in [1.82, 2.24) is 10.2 Å². The lowest BCUT2D eigenvalue weighted by atomic mass is 9.92. The molecule has 6 heteroatoms. The maximum Gasteiger partial charge on any atom is 0.244 e. The molecule has 1 N–H and O–H groups in total. The van der Waals surface area contributed by atoms with E-state index >= 15 is 0 Å². The molecule has 1 saturated heterocycles. The highest BCUT2D eigenvalue weighted by molar-refractivity contribution is 5.91. The Labute approximate surface area is 161 Å². The van der Waals surface area contributed by atoms with E-state index in [4.69, 9.17) is 9.47 Å². The zero-order valence-electron chi connectivity index (χ0n) is 16.5. The summed E-state index contributed by atoms with van der Waals surface area (Å²) in [4.78, 5) is 14.7. The minimum atomic E-state index is -0.443. The number of methoxy groups -OCH3 is 1. The third-order valence-corrected chi connectivity index (χ3v) is 5.20. The highest BCUT2D eigenvalue weighted by atomic mass is 19.1. The van der Waals surface area contributed by atoms with Crippen LogP contribution in [0.25, 0.3) is 6.08 Å². The Balaban J connectivity index is 1.94. The highest BCUT2D eigenvalue weighted by Crippen LogP contribution is 2.20. The van der Waals surface area contributed by atoms with Crippen molar-refractivity contribution < 1.29 is 18.7 Å². The van der Waals surface area contributed by atoms with Gasteiger partial charge >= 0.3 is 0 Å². The summed E-state index contributed by atoms with van der Waals surface area (Å²) in [5, 5.41) is 3.01. The topological polar surface area (TPSA) is 50.8 Å². The van der Waals surface area contributed by atoms with E-state index in [0.29, 0.717) is 24.1 Å². The van der Waals surface area contributed by atoms with Gasteiger partial charge in [0.05, 0.1) is 20.3 Å². The van der Waals surface area contributed by atoms with Crippen LogP contribution in [0.4, 0.5) is 4.39 Å². The molecular weight excluding hydrogens is 347 g/mol. The van der Waals surface area contributed by atoms with E-state index in [9.17, 15) is 9.18 Å². The van der Waals surface area contributed by atoms with E-state index in [2.05, 4.69) is 24.1 Å². The van der Waals surface area contributed by atoms with Crippen LogP contribution in [0.1, 0.15) is 32.3 Å². The van der Waals surface area contributed by atoms with Gasteiger partial charge in [-0.25, -0.2) is 4.39 Å². The fraction of sp³-hybridized carbons (Fsp3) is 0.571. The summed E-state index contributed by atoms with van der Waals surface area (Å²) < 4.78 is 24.1. The molecule has 0 bridgehead atoms. The second-order valence-electron chi connectivity index (χ2n) is 6.76. The maximum absolute atomic E-state index is 13.7. The summed E-state index contributed by atoms with van der Waals surface area (Å²) >= 11 is 0. The van der Waals surface area contributed by atoms with Crippen molar-refractivity contribution in [2.75, 3.05) is 40.0 Å². The third-order valence-electron chi connectivity index (χ3n) is 5.20. The van der Waals surface area contributed by atoms with Crippen molar-refractivity contribution in [3.05, 3.63) is 35.7 Å². The van der Waals surface area contributed by atoms with Crippen LogP contribution in [0, 0.1) is 11.7 Å². The average molecular weight is 378 g/mol. The van der Waals surface area contributed by atoms with E-state index in [1.54, 1.807) is 18.2 Å². The zero-order chi connectivity index (χ0) is 19.6. The quantitative estimate of drug-likeness (QED) is 0.671. The fourth-order valence-electron chi connectivity index (χ4n) is 3.56. The number of amides is 1. The molecule has 1 aliphatic heterocycles. The molecule has 5 nitrogen and oxygen atoms in total. The van der Waals surface area contributed by atoms with Crippen LogP contribution in [-0.2, 0) is 9.53 Å². The Bertz CT molecular complexity index is 626. The highest BCUT2D eigenvalue weighted by Gasteiger charge is 2.26. The lowest BCUT2D eigenvalue weighted by Gasteiger charge is -2.38. The lowest BCUT2D eigenvalue weighted by molar-refractivity contribution is -0.116. The van der Waals surface area contributed by atoms with Crippen LogP contribution < -0.4 is 10.1 Å². The van der Waals surface area contributed by atoms with Crippen molar-refractivity contribution in [2.24, 2.45) is 5.92 Å². The Morgan fingerprint density at radius 2 is 2.04 bits per heavy atom. The van der Waals surface area contributed by atoms with Crippen molar-refractivity contribution in [3.63, 3.8) is 0 Å². The molecule has 0 saturated carbocycles. The number of nitrogens with zero attached hydrogens (tertiary/aromatic N) is 1. The molecule has 150 valence electrons. The predicted molar refractivity (Wildman–Crippen MR) is 105 cm³/mol. The third kappa shape index (κ3) is 6.33. The first kappa shape index (κ1) is 21.4. The fourth-order valence-corrected chi connectivity index (χ4v) is 3.56. The largest absolute Gasteiger partial charge is 0.494 e. The number of carbonyl (C=O) groups excluding carboxylic acids is 1. The number of morpholine rings is 1. The van der Waals surface area contributed by atoms with Crippen LogP contribution in [0.2, 0.25) is 0 Å². The molecule has 1 amide bonds. The first-order valence-electron chi connectivity index (χ1n) is 9.70. The smallest absolute Gasteiger partial charge is 0.244 e. The number of hydrogen-bond donors (Lipinski definition) is 1. The second kappa shape index (κ2) is 11.0. The van der Waals surface area contributed by atoms with Crippen molar-refractivity contribution >= 4 is 12.0 Å². The number of halogens is 1. The van der Waals surface area contributed by atoms with Gasteiger partial charge in [0.1, 0.15) is 0 Å². The molecule has 1 aromatic rings. The van der Waals surface area contributed by atoms with Crippen molar-refractivity contribution in [2.45, 2.75) is 32.7 Å². The van der Waals surface area contributed by atoms with E-state index in [1.165, 1.54) is 19.3 Å². The van der Waals surface area contributed by atoms with Crippen molar-refractivity contribution in [3.8, 4) is 5.75 Å². The minimum absolute atomic E-state index is 0.171. The predicted octanol–water partition coefficient (Wildman–Crippen LogP) is 3.10. The molecule has 1 heterocycles. The second-order valence-corrected chi connectivity index (χ2v) is 6.76. The molecule has 1 unspecified atom stereocenters. The molecule has 0 aliphatic carbocycles. The van der Waals surface area contributed by atoms with Crippen LogP contribution in [0.15, 0.2) is 24.3 Å². The molecule has 0 aromatic heterocycles. The lowest BCUT2D eigenvalue weighted by Crippen LogP contribution is -2.51. The van der Waals surface area contributed by atoms with Gasteiger partial charge in [-0.15, -0.1) is 0 Å². The monoisotopic (exact) mass is 378 g/mol. The summed E-state index contributed by atoms with van der Waals surface area (Å²) in [6.45, 7) is 8.28. The van der Waals surface area contributed by atoms with Gasteiger partial charge < -0.3 is 14.8 Å². The molecule has 0 radical (unpaired) electrons. The zero-order valence-corrected chi connectivity index (χ0v) is 16.5. The van der Waals surface area contributed by atoms with Crippen LogP contribution in [0.5, 0.6) is 5.75 Å². The number of nitrogens with one attached hydrogen (secondary N) is 1. The number of hydrogen-bond acceptors (Lipinski definition) is 4. The van der Waals surface area contributed by atoms with Gasteiger partial charge in [0.15, 0.2) is 11.6 Å². The molecule has 1 aliphatic rings. The van der Waals surface area contributed by atoms with E-state index in [-0.39, 0.29) is 11.7 Å². The molecule has 1 fully saturated rings. The Morgan fingerprint density at radius 3 is 2.63 bits per heavy atom. The summed E-state index contributed by atoms with van der Waals surface area (Å²) in [6.07, 6.45) is 5.22. The molecule has 1 aromatic carbocycles. The molecule has 27 heavy (non-hydrogen) atoms. The summed E-state index contributed by atoms with van der Waals surface area (Å²) in [5.74, 6) is 0.106.